The molecule has 0 atom stereocenters. The number of nitrogens with one attached hydrogen (secondary N) is 1. The Morgan fingerprint density at radius 3 is 3.00 bits per heavy atom. The van der Waals surface area contributed by atoms with Crippen molar-refractivity contribution in [3.8, 4) is 5.75 Å². The second-order valence-corrected chi connectivity index (χ2v) is 4.76. The molecule has 0 aliphatic carbocycles. The van der Waals surface area contributed by atoms with Gasteiger partial charge >= 0.3 is 0 Å². The Labute approximate surface area is 118 Å². The third-order valence-corrected chi connectivity index (χ3v) is 3.33. The molecule has 0 fully saturated rings. The van der Waals surface area contributed by atoms with Crippen LogP contribution in [-0.4, -0.2) is 16.7 Å². The highest BCUT2D eigenvalue weighted by Gasteiger charge is 2.06. The number of aromatic nitrogens is 2. The van der Waals surface area contributed by atoms with E-state index in [2.05, 4.69) is 29.5 Å². The van der Waals surface area contributed by atoms with Crippen molar-refractivity contribution in [2.45, 2.75) is 13.5 Å². The zero-order chi connectivity index (χ0) is 13.9. The van der Waals surface area contributed by atoms with E-state index in [1.807, 2.05) is 41.2 Å². The summed E-state index contributed by atoms with van der Waals surface area (Å²) in [6, 6.07) is 12.2. The molecule has 0 unspecified atom stereocenters. The topological polar surface area (TPSA) is 38.6 Å². The van der Waals surface area contributed by atoms with Crippen LogP contribution in [0.15, 0.2) is 48.8 Å². The Balaban J connectivity index is 1.84. The smallest absolute Gasteiger partial charge is 0.141 e. The van der Waals surface area contributed by atoms with Crippen molar-refractivity contribution in [1.29, 1.82) is 0 Å². The van der Waals surface area contributed by atoms with Crippen LogP contribution >= 0.6 is 0 Å². The molecule has 102 valence electrons. The molecule has 4 nitrogen and oxygen atoms in total. The van der Waals surface area contributed by atoms with Crippen molar-refractivity contribution in [1.82, 2.24) is 9.61 Å². The predicted octanol–water partition coefficient (Wildman–Crippen LogP) is 3.26. The predicted molar refractivity (Wildman–Crippen MR) is 80.2 cm³/mol. The van der Waals surface area contributed by atoms with Crippen LogP contribution in [0.3, 0.4) is 0 Å². The quantitative estimate of drug-likeness (QED) is 0.788. The van der Waals surface area contributed by atoms with Crippen molar-refractivity contribution in [2.75, 3.05) is 12.4 Å². The van der Waals surface area contributed by atoms with E-state index >= 15 is 0 Å². The summed E-state index contributed by atoms with van der Waals surface area (Å²) in [5.41, 5.74) is 4.48. The summed E-state index contributed by atoms with van der Waals surface area (Å²) in [6.07, 6.45) is 3.84. The number of hydrogen-bond acceptors (Lipinski definition) is 3. The summed E-state index contributed by atoms with van der Waals surface area (Å²) in [4.78, 5) is 0. The molecule has 20 heavy (non-hydrogen) atoms. The normalized spacial score (nSPS) is 10.7. The number of nitrogens with zero attached hydrogens (tertiary/aromatic N) is 2. The zero-order valence-electron chi connectivity index (χ0n) is 11.6. The Morgan fingerprint density at radius 1 is 1.25 bits per heavy atom. The lowest BCUT2D eigenvalue weighted by molar-refractivity contribution is 0.416. The van der Waals surface area contributed by atoms with Gasteiger partial charge < -0.3 is 10.1 Å². The first kappa shape index (κ1) is 12.5. The van der Waals surface area contributed by atoms with Crippen LogP contribution in [0.4, 0.5) is 5.69 Å². The lowest BCUT2D eigenvalue weighted by Gasteiger charge is -2.11. The molecule has 3 rings (SSSR count). The minimum absolute atomic E-state index is 0.716. The van der Waals surface area contributed by atoms with Crippen LogP contribution in [0, 0.1) is 6.92 Å². The number of rotatable bonds is 4. The van der Waals surface area contributed by atoms with E-state index in [1.54, 1.807) is 7.11 Å². The Bertz CT molecular complexity index is 733. The molecule has 0 saturated heterocycles. The Hall–Kier alpha value is -2.49. The molecule has 0 amide bonds. The second kappa shape index (κ2) is 5.25. The van der Waals surface area contributed by atoms with E-state index in [0.29, 0.717) is 6.54 Å². The lowest BCUT2D eigenvalue weighted by atomic mass is 10.2. The van der Waals surface area contributed by atoms with E-state index in [1.165, 1.54) is 5.56 Å². The monoisotopic (exact) mass is 267 g/mol. The SMILES string of the molecule is COc1ccc(C)cc1NCc1cnn2ccccc12. The van der Waals surface area contributed by atoms with Gasteiger partial charge in [0.1, 0.15) is 5.75 Å². The molecule has 1 aromatic carbocycles. The van der Waals surface area contributed by atoms with Crippen molar-refractivity contribution < 1.29 is 4.74 Å². The first-order valence-corrected chi connectivity index (χ1v) is 6.57. The van der Waals surface area contributed by atoms with E-state index in [9.17, 15) is 0 Å². The Morgan fingerprint density at radius 2 is 2.15 bits per heavy atom. The van der Waals surface area contributed by atoms with Gasteiger partial charge in [-0.1, -0.05) is 12.1 Å². The van der Waals surface area contributed by atoms with Gasteiger partial charge in [-0.15, -0.1) is 0 Å². The number of hydrogen-bond donors (Lipinski definition) is 1. The molecule has 2 aromatic heterocycles. The highest BCUT2D eigenvalue weighted by atomic mass is 16.5. The molecule has 0 aliphatic rings. The lowest BCUT2D eigenvalue weighted by Crippen LogP contribution is -2.01. The van der Waals surface area contributed by atoms with Crippen LogP contribution in [0.2, 0.25) is 0 Å². The number of benzene rings is 1. The van der Waals surface area contributed by atoms with Crippen LogP contribution in [0.1, 0.15) is 11.1 Å². The minimum Gasteiger partial charge on any atom is -0.495 e. The van der Waals surface area contributed by atoms with Crippen LogP contribution in [-0.2, 0) is 6.54 Å². The van der Waals surface area contributed by atoms with Crippen LogP contribution in [0.25, 0.3) is 5.52 Å². The molecule has 0 radical (unpaired) electrons. The van der Waals surface area contributed by atoms with Gasteiger partial charge in [-0.05, 0) is 36.8 Å². The summed E-state index contributed by atoms with van der Waals surface area (Å²) in [5.74, 6) is 0.854. The highest BCUT2D eigenvalue weighted by Crippen LogP contribution is 2.26. The fourth-order valence-electron chi connectivity index (χ4n) is 2.27. The molecule has 3 aromatic rings. The van der Waals surface area contributed by atoms with E-state index in [4.69, 9.17) is 4.74 Å². The third-order valence-electron chi connectivity index (χ3n) is 3.33. The van der Waals surface area contributed by atoms with Gasteiger partial charge in [-0.2, -0.15) is 5.10 Å². The first-order valence-electron chi connectivity index (χ1n) is 6.57. The van der Waals surface area contributed by atoms with E-state index in [-0.39, 0.29) is 0 Å². The van der Waals surface area contributed by atoms with Gasteiger partial charge in [0.05, 0.1) is 24.5 Å². The summed E-state index contributed by atoms with van der Waals surface area (Å²) in [6.45, 7) is 2.78. The van der Waals surface area contributed by atoms with Crippen molar-refractivity contribution >= 4 is 11.2 Å². The zero-order valence-corrected chi connectivity index (χ0v) is 11.6. The van der Waals surface area contributed by atoms with Gasteiger partial charge in [0.15, 0.2) is 0 Å². The van der Waals surface area contributed by atoms with Crippen molar-refractivity contribution in [3.63, 3.8) is 0 Å². The highest BCUT2D eigenvalue weighted by molar-refractivity contribution is 5.60. The van der Waals surface area contributed by atoms with Crippen LogP contribution < -0.4 is 10.1 Å². The average Bonchev–Trinajstić information content (AvgIpc) is 2.88. The largest absolute Gasteiger partial charge is 0.495 e. The number of fused-ring (bicyclic) bond motifs is 1. The molecule has 0 bridgehead atoms. The van der Waals surface area contributed by atoms with E-state index < -0.39 is 0 Å². The number of aryl methyl sites for hydroxylation is 1. The molecular formula is C16H17N3O. The maximum Gasteiger partial charge on any atom is 0.141 e. The Kier molecular flexibility index (Phi) is 3.29. The standard InChI is InChI=1S/C16H17N3O/c1-12-6-7-16(20-2)14(9-12)17-10-13-11-18-19-8-4-3-5-15(13)19/h3-9,11,17H,10H2,1-2H3. The third kappa shape index (κ3) is 2.32. The molecular weight excluding hydrogens is 250 g/mol. The average molecular weight is 267 g/mol. The second-order valence-electron chi connectivity index (χ2n) is 4.76. The number of methoxy groups -OCH3 is 1. The molecule has 4 heteroatoms. The first-order chi connectivity index (χ1) is 9.78. The fourth-order valence-corrected chi connectivity index (χ4v) is 2.27. The number of pyridine rings is 1. The van der Waals surface area contributed by atoms with Gasteiger partial charge in [-0.25, -0.2) is 4.52 Å². The molecule has 0 aliphatic heterocycles. The van der Waals surface area contributed by atoms with Crippen molar-refractivity contribution in [2.24, 2.45) is 0 Å². The number of ether oxygens (including phenoxy) is 1. The summed E-state index contributed by atoms with van der Waals surface area (Å²) in [5, 5.41) is 7.76. The van der Waals surface area contributed by atoms with Gasteiger partial charge in [0.25, 0.3) is 0 Å². The van der Waals surface area contributed by atoms with E-state index in [0.717, 1.165) is 22.5 Å². The van der Waals surface area contributed by atoms with Gasteiger partial charge in [-0.3, -0.25) is 0 Å². The molecule has 0 spiro atoms. The maximum absolute atomic E-state index is 5.37. The van der Waals surface area contributed by atoms with Crippen LogP contribution in [0.5, 0.6) is 5.75 Å². The van der Waals surface area contributed by atoms with Crippen molar-refractivity contribution in [3.05, 3.63) is 59.9 Å². The maximum atomic E-state index is 5.37. The fraction of sp³-hybridized carbons (Fsp3) is 0.188. The van der Waals surface area contributed by atoms with Gasteiger partial charge in [0.2, 0.25) is 0 Å². The molecule has 1 N–H and O–H groups in total. The van der Waals surface area contributed by atoms with Gasteiger partial charge in [0, 0.05) is 18.3 Å². The molecule has 2 heterocycles. The summed E-state index contributed by atoms with van der Waals surface area (Å²) < 4.78 is 7.25. The summed E-state index contributed by atoms with van der Waals surface area (Å²) in [7, 11) is 1.69. The number of anilines is 1. The minimum atomic E-state index is 0.716. The molecule has 0 saturated carbocycles. The summed E-state index contributed by atoms with van der Waals surface area (Å²) >= 11 is 0.